The van der Waals surface area contributed by atoms with Crippen LogP contribution < -0.4 is 0 Å². The third-order valence-electron chi connectivity index (χ3n) is 2.69. The molecule has 0 N–H and O–H groups in total. The largest absolute Gasteiger partial charge is 0.444 e. The number of ether oxygens (including phenoxy) is 2. The number of hydrogen-bond donors (Lipinski definition) is 0. The van der Waals surface area contributed by atoms with Gasteiger partial charge in [-0.05, 0) is 36.7 Å². The van der Waals surface area contributed by atoms with E-state index >= 15 is 0 Å². The zero-order valence-corrected chi connectivity index (χ0v) is 13.4. The SMILES string of the molecule is CC(C)(C)OC(=O)N1CCOC(c2cnc(Br)cn2)C1. The summed E-state index contributed by atoms with van der Waals surface area (Å²) in [6, 6.07) is 0. The smallest absolute Gasteiger partial charge is 0.410 e. The first-order chi connectivity index (χ1) is 9.35. The lowest BCUT2D eigenvalue weighted by molar-refractivity contribution is -0.0448. The average Bonchev–Trinajstić information content (AvgIpc) is 2.38. The van der Waals surface area contributed by atoms with E-state index < -0.39 is 5.60 Å². The van der Waals surface area contributed by atoms with Gasteiger partial charge in [0.15, 0.2) is 0 Å². The van der Waals surface area contributed by atoms with E-state index in [1.807, 2.05) is 20.8 Å². The van der Waals surface area contributed by atoms with E-state index in [2.05, 4.69) is 25.9 Å². The third-order valence-corrected chi connectivity index (χ3v) is 3.10. The molecule has 1 aliphatic heterocycles. The molecule has 1 amide bonds. The second kappa shape index (κ2) is 6.05. The summed E-state index contributed by atoms with van der Waals surface area (Å²) in [6.07, 6.45) is 2.67. The molecular weight excluding hydrogens is 326 g/mol. The number of hydrogen-bond acceptors (Lipinski definition) is 5. The van der Waals surface area contributed by atoms with Crippen molar-refractivity contribution in [1.82, 2.24) is 14.9 Å². The van der Waals surface area contributed by atoms with Gasteiger partial charge in [-0.2, -0.15) is 0 Å². The van der Waals surface area contributed by atoms with Gasteiger partial charge in [0, 0.05) is 6.54 Å². The fourth-order valence-electron chi connectivity index (χ4n) is 1.81. The molecule has 0 radical (unpaired) electrons. The summed E-state index contributed by atoms with van der Waals surface area (Å²) < 4.78 is 11.7. The summed E-state index contributed by atoms with van der Waals surface area (Å²) in [7, 11) is 0. The van der Waals surface area contributed by atoms with E-state index in [9.17, 15) is 4.79 Å². The standard InChI is InChI=1S/C13H18BrN3O3/c1-13(2,3)20-12(18)17-4-5-19-10(8-17)9-6-16-11(14)7-15-9/h6-7,10H,4-5,8H2,1-3H3. The van der Waals surface area contributed by atoms with Crippen LogP contribution >= 0.6 is 15.9 Å². The molecule has 1 unspecified atom stereocenters. The zero-order chi connectivity index (χ0) is 14.8. The molecule has 0 saturated carbocycles. The van der Waals surface area contributed by atoms with Gasteiger partial charge in [0.2, 0.25) is 0 Å². The first-order valence-electron chi connectivity index (χ1n) is 6.42. The van der Waals surface area contributed by atoms with Crippen LogP contribution in [0.3, 0.4) is 0 Å². The summed E-state index contributed by atoms with van der Waals surface area (Å²) >= 11 is 3.24. The molecule has 1 fully saturated rings. The molecule has 20 heavy (non-hydrogen) atoms. The number of rotatable bonds is 1. The van der Waals surface area contributed by atoms with Gasteiger partial charge < -0.3 is 14.4 Å². The first-order valence-corrected chi connectivity index (χ1v) is 7.21. The van der Waals surface area contributed by atoms with Gasteiger partial charge in [-0.25, -0.2) is 9.78 Å². The topological polar surface area (TPSA) is 64.5 Å². The Balaban J connectivity index is 2.01. The Hall–Kier alpha value is -1.21. The predicted molar refractivity (Wildman–Crippen MR) is 76.2 cm³/mol. The number of carbonyl (C=O) groups is 1. The Bertz CT molecular complexity index is 473. The van der Waals surface area contributed by atoms with Crippen molar-refractivity contribution in [2.75, 3.05) is 19.7 Å². The molecule has 1 aromatic rings. The van der Waals surface area contributed by atoms with Crippen LogP contribution in [0.2, 0.25) is 0 Å². The van der Waals surface area contributed by atoms with Crippen LogP contribution in [0.5, 0.6) is 0 Å². The van der Waals surface area contributed by atoms with Crippen LogP contribution in [0.1, 0.15) is 32.6 Å². The van der Waals surface area contributed by atoms with Crippen LogP contribution in [0.25, 0.3) is 0 Å². The Labute approximate surface area is 126 Å². The molecule has 2 heterocycles. The zero-order valence-electron chi connectivity index (χ0n) is 11.8. The van der Waals surface area contributed by atoms with E-state index in [4.69, 9.17) is 9.47 Å². The Morgan fingerprint density at radius 2 is 2.20 bits per heavy atom. The summed E-state index contributed by atoms with van der Waals surface area (Å²) in [5.74, 6) is 0. The highest BCUT2D eigenvalue weighted by Crippen LogP contribution is 2.22. The number of amides is 1. The van der Waals surface area contributed by atoms with E-state index in [0.717, 1.165) is 0 Å². The molecule has 1 aromatic heterocycles. The monoisotopic (exact) mass is 343 g/mol. The maximum atomic E-state index is 12.0. The molecule has 0 aromatic carbocycles. The average molecular weight is 344 g/mol. The minimum absolute atomic E-state index is 0.267. The maximum Gasteiger partial charge on any atom is 0.410 e. The molecule has 1 atom stereocenters. The lowest BCUT2D eigenvalue weighted by Crippen LogP contribution is -2.44. The van der Waals surface area contributed by atoms with Crippen LogP contribution in [0.4, 0.5) is 4.79 Å². The van der Waals surface area contributed by atoms with Crippen molar-refractivity contribution in [2.24, 2.45) is 0 Å². The highest BCUT2D eigenvalue weighted by Gasteiger charge is 2.29. The minimum atomic E-state index is -0.498. The second-order valence-electron chi connectivity index (χ2n) is 5.55. The predicted octanol–water partition coefficient (Wildman–Crippen LogP) is 2.55. The van der Waals surface area contributed by atoms with Crippen LogP contribution in [-0.4, -0.2) is 46.3 Å². The summed E-state index contributed by atoms with van der Waals surface area (Å²) in [5.41, 5.74) is 0.212. The molecule has 110 valence electrons. The molecule has 2 rings (SSSR count). The van der Waals surface area contributed by atoms with E-state index in [1.54, 1.807) is 17.3 Å². The van der Waals surface area contributed by atoms with Gasteiger partial charge in [-0.1, -0.05) is 0 Å². The molecule has 0 bridgehead atoms. The Kier molecular flexibility index (Phi) is 4.59. The Morgan fingerprint density at radius 1 is 1.45 bits per heavy atom. The fourth-order valence-corrected chi connectivity index (χ4v) is 2.01. The molecule has 6 nitrogen and oxygen atoms in total. The molecule has 0 aliphatic carbocycles. The second-order valence-corrected chi connectivity index (χ2v) is 6.36. The quantitative estimate of drug-likeness (QED) is 0.783. The van der Waals surface area contributed by atoms with Crippen molar-refractivity contribution in [3.8, 4) is 0 Å². The highest BCUT2D eigenvalue weighted by atomic mass is 79.9. The van der Waals surface area contributed by atoms with Gasteiger partial charge in [0.25, 0.3) is 0 Å². The van der Waals surface area contributed by atoms with Gasteiger partial charge in [0.05, 0.1) is 31.2 Å². The van der Waals surface area contributed by atoms with Crippen LogP contribution in [0, 0.1) is 0 Å². The van der Waals surface area contributed by atoms with E-state index in [0.29, 0.717) is 30.0 Å². The molecule has 1 saturated heterocycles. The highest BCUT2D eigenvalue weighted by molar-refractivity contribution is 9.10. The van der Waals surface area contributed by atoms with E-state index in [-0.39, 0.29) is 12.2 Å². The third kappa shape index (κ3) is 4.14. The summed E-state index contributed by atoms with van der Waals surface area (Å²) in [4.78, 5) is 22.1. The van der Waals surface area contributed by atoms with Gasteiger partial charge in [-0.3, -0.25) is 4.98 Å². The molecular formula is C13H18BrN3O3. The van der Waals surface area contributed by atoms with Gasteiger partial charge in [-0.15, -0.1) is 0 Å². The Morgan fingerprint density at radius 3 is 2.80 bits per heavy atom. The number of morpholine rings is 1. The lowest BCUT2D eigenvalue weighted by Gasteiger charge is -2.33. The van der Waals surface area contributed by atoms with Crippen molar-refractivity contribution in [3.63, 3.8) is 0 Å². The minimum Gasteiger partial charge on any atom is -0.444 e. The summed E-state index contributed by atoms with van der Waals surface area (Å²) in [5, 5.41) is 0. The number of aromatic nitrogens is 2. The van der Waals surface area contributed by atoms with Gasteiger partial charge >= 0.3 is 6.09 Å². The number of nitrogens with zero attached hydrogens (tertiary/aromatic N) is 3. The van der Waals surface area contributed by atoms with Crippen molar-refractivity contribution in [3.05, 3.63) is 22.7 Å². The van der Waals surface area contributed by atoms with Crippen molar-refractivity contribution >= 4 is 22.0 Å². The van der Waals surface area contributed by atoms with Crippen molar-refractivity contribution in [2.45, 2.75) is 32.5 Å². The lowest BCUT2D eigenvalue weighted by atomic mass is 10.2. The van der Waals surface area contributed by atoms with E-state index in [1.165, 1.54) is 0 Å². The number of halogens is 1. The summed E-state index contributed by atoms with van der Waals surface area (Å²) in [6.45, 7) is 6.96. The first kappa shape index (κ1) is 15.2. The van der Waals surface area contributed by atoms with Gasteiger partial charge in [0.1, 0.15) is 16.3 Å². The fraction of sp³-hybridized carbons (Fsp3) is 0.615. The van der Waals surface area contributed by atoms with Crippen LogP contribution in [-0.2, 0) is 9.47 Å². The molecule has 7 heteroatoms. The molecule has 0 spiro atoms. The molecule has 1 aliphatic rings. The maximum absolute atomic E-state index is 12.0. The van der Waals surface area contributed by atoms with Crippen molar-refractivity contribution < 1.29 is 14.3 Å². The van der Waals surface area contributed by atoms with Crippen molar-refractivity contribution in [1.29, 1.82) is 0 Å². The van der Waals surface area contributed by atoms with Crippen LogP contribution in [0.15, 0.2) is 17.0 Å². The normalized spacial score (nSPS) is 19.8. The number of carbonyl (C=O) groups excluding carboxylic acids is 1.